The van der Waals surface area contributed by atoms with E-state index in [9.17, 15) is 0 Å². The zero-order chi connectivity index (χ0) is 10.3. The van der Waals surface area contributed by atoms with Crippen molar-refractivity contribution in [2.75, 3.05) is 13.1 Å². The first-order valence-corrected chi connectivity index (χ1v) is 5.77. The van der Waals surface area contributed by atoms with Gasteiger partial charge in [-0.15, -0.1) is 0 Å². The molecule has 2 heterocycles. The van der Waals surface area contributed by atoms with Crippen LogP contribution in [0.25, 0.3) is 5.70 Å². The summed E-state index contributed by atoms with van der Waals surface area (Å²) in [5.74, 6) is 0.975. The number of allylic oxidation sites excluding steroid dienone is 1. The van der Waals surface area contributed by atoms with Crippen molar-refractivity contribution >= 4 is 5.70 Å². The summed E-state index contributed by atoms with van der Waals surface area (Å²) in [6.07, 6.45) is 7.11. The molecule has 0 aromatic carbocycles. The normalized spacial score (nSPS) is 20.3. The monoisotopic (exact) mass is 204 g/mol. The molecule has 0 N–H and O–H groups in total. The minimum absolute atomic E-state index is 0.975. The minimum Gasteiger partial charge on any atom is -0.371 e. The molecule has 15 heavy (non-hydrogen) atoms. The Morgan fingerprint density at radius 1 is 1.33 bits per heavy atom. The number of hydrogen-bond acceptors (Lipinski definition) is 3. The topological polar surface area (TPSA) is 29.3 Å². The first-order chi connectivity index (χ1) is 7.36. The summed E-state index contributed by atoms with van der Waals surface area (Å²) in [6.45, 7) is 4.40. The first-order valence-electron chi connectivity index (χ1n) is 5.77. The third kappa shape index (κ3) is 1.37. The summed E-state index contributed by atoms with van der Waals surface area (Å²) < 4.78 is 5.29. The van der Waals surface area contributed by atoms with Crippen molar-refractivity contribution < 1.29 is 4.52 Å². The van der Waals surface area contributed by atoms with Gasteiger partial charge in [-0.1, -0.05) is 11.2 Å². The maximum absolute atomic E-state index is 5.29. The predicted molar refractivity (Wildman–Crippen MR) is 58.3 cm³/mol. The van der Waals surface area contributed by atoms with Crippen molar-refractivity contribution in [3.63, 3.8) is 0 Å². The summed E-state index contributed by atoms with van der Waals surface area (Å²) >= 11 is 0. The molecule has 1 aliphatic carbocycles. The highest BCUT2D eigenvalue weighted by Gasteiger charge is 2.25. The van der Waals surface area contributed by atoms with Crippen LogP contribution in [0.4, 0.5) is 0 Å². The quantitative estimate of drug-likeness (QED) is 0.703. The molecule has 0 radical (unpaired) electrons. The molecule has 1 aromatic heterocycles. The smallest absolute Gasteiger partial charge is 0.143 e. The highest BCUT2D eigenvalue weighted by molar-refractivity contribution is 5.69. The van der Waals surface area contributed by atoms with Crippen LogP contribution in [0.5, 0.6) is 0 Å². The van der Waals surface area contributed by atoms with Crippen molar-refractivity contribution in [1.29, 1.82) is 0 Å². The second-order valence-corrected chi connectivity index (χ2v) is 4.38. The third-order valence-corrected chi connectivity index (χ3v) is 3.36. The second kappa shape index (κ2) is 3.40. The van der Waals surface area contributed by atoms with Gasteiger partial charge in [-0.05, 0) is 32.6 Å². The molecule has 3 nitrogen and oxygen atoms in total. The fraction of sp³-hybridized carbons (Fsp3) is 0.583. The van der Waals surface area contributed by atoms with Crippen LogP contribution >= 0.6 is 0 Å². The molecule has 0 bridgehead atoms. The van der Waals surface area contributed by atoms with Gasteiger partial charge in [-0.3, -0.25) is 0 Å². The van der Waals surface area contributed by atoms with E-state index in [0.29, 0.717) is 0 Å². The van der Waals surface area contributed by atoms with E-state index in [2.05, 4.69) is 16.1 Å². The fourth-order valence-electron chi connectivity index (χ4n) is 2.61. The van der Waals surface area contributed by atoms with Crippen molar-refractivity contribution in [3.8, 4) is 0 Å². The molecule has 0 atom stereocenters. The lowest BCUT2D eigenvalue weighted by Gasteiger charge is -2.24. The fourth-order valence-corrected chi connectivity index (χ4v) is 2.61. The van der Waals surface area contributed by atoms with Crippen molar-refractivity contribution in [2.45, 2.75) is 32.6 Å². The highest BCUT2D eigenvalue weighted by Crippen LogP contribution is 2.33. The van der Waals surface area contributed by atoms with Crippen molar-refractivity contribution in [3.05, 3.63) is 23.1 Å². The van der Waals surface area contributed by atoms with Crippen LogP contribution in [-0.4, -0.2) is 23.1 Å². The highest BCUT2D eigenvalue weighted by atomic mass is 16.5. The summed E-state index contributed by atoms with van der Waals surface area (Å²) in [5, 5.41) is 4.14. The van der Waals surface area contributed by atoms with Crippen LogP contribution in [0.2, 0.25) is 0 Å². The number of likely N-dealkylation sites (tertiary alicyclic amines) is 1. The molecule has 1 saturated heterocycles. The molecule has 1 fully saturated rings. The van der Waals surface area contributed by atoms with Crippen LogP contribution in [0.1, 0.15) is 36.3 Å². The van der Waals surface area contributed by atoms with Crippen LogP contribution in [-0.2, 0) is 6.42 Å². The van der Waals surface area contributed by atoms with Gasteiger partial charge in [0.2, 0.25) is 0 Å². The Balaban J connectivity index is 2.01. The Labute approximate surface area is 89.7 Å². The average molecular weight is 204 g/mol. The predicted octanol–water partition coefficient (Wildman–Crippen LogP) is 2.37. The first kappa shape index (κ1) is 9.01. The van der Waals surface area contributed by atoms with Gasteiger partial charge < -0.3 is 9.42 Å². The van der Waals surface area contributed by atoms with Gasteiger partial charge >= 0.3 is 0 Å². The van der Waals surface area contributed by atoms with Crippen LogP contribution in [0.3, 0.4) is 0 Å². The SMILES string of the molecule is Cc1onc2c1C(N1CCCC1)=CCC2. The largest absolute Gasteiger partial charge is 0.371 e. The molecular weight excluding hydrogens is 188 g/mol. The number of hydrogen-bond donors (Lipinski definition) is 0. The zero-order valence-corrected chi connectivity index (χ0v) is 9.12. The molecule has 1 aliphatic heterocycles. The molecule has 3 rings (SSSR count). The molecule has 3 heteroatoms. The van der Waals surface area contributed by atoms with Crippen LogP contribution in [0, 0.1) is 6.92 Å². The minimum atomic E-state index is 0.975. The molecular formula is C12H16N2O. The lowest BCUT2D eigenvalue weighted by Crippen LogP contribution is -2.20. The molecule has 0 amide bonds. The summed E-state index contributed by atoms with van der Waals surface area (Å²) in [6, 6.07) is 0. The van der Waals surface area contributed by atoms with E-state index >= 15 is 0 Å². The third-order valence-electron chi connectivity index (χ3n) is 3.36. The van der Waals surface area contributed by atoms with Gasteiger partial charge in [0.25, 0.3) is 0 Å². The van der Waals surface area contributed by atoms with Gasteiger partial charge in [-0.25, -0.2) is 0 Å². The molecule has 80 valence electrons. The molecule has 1 aromatic rings. The maximum Gasteiger partial charge on any atom is 0.143 e. The van der Waals surface area contributed by atoms with Gasteiger partial charge in [0, 0.05) is 18.8 Å². The number of fused-ring (bicyclic) bond motifs is 1. The van der Waals surface area contributed by atoms with E-state index in [4.69, 9.17) is 4.52 Å². The van der Waals surface area contributed by atoms with E-state index in [1.165, 1.54) is 37.2 Å². The van der Waals surface area contributed by atoms with Crippen LogP contribution in [0.15, 0.2) is 10.6 Å². The number of rotatable bonds is 1. The number of aryl methyl sites for hydroxylation is 2. The van der Waals surface area contributed by atoms with Gasteiger partial charge in [0.15, 0.2) is 0 Å². The van der Waals surface area contributed by atoms with Crippen LogP contribution < -0.4 is 0 Å². The van der Waals surface area contributed by atoms with Gasteiger partial charge in [0.1, 0.15) is 5.76 Å². The lowest BCUT2D eigenvalue weighted by molar-refractivity contribution is 0.390. The Morgan fingerprint density at radius 3 is 2.93 bits per heavy atom. The summed E-state index contributed by atoms with van der Waals surface area (Å²) in [5.41, 5.74) is 3.78. The van der Waals surface area contributed by atoms with E-state index < -0.39 is 0 Å². The van der Waals surface area contributed by atoms with E-state index in [0.717, 1.165) is 24.3 Å². The van der Waals surface area contributed by atoms with Crippen molar-refractivity contribution in [1.82, 2.24) is 10.1 Å². The Morgan fingerprint density at radius 2 is 2.13 bits per heavy atom. The Hall–Kier alpha value is -1.25. The Kier molecular flexibility index (Phi) is 2.04. The van der Waals surface area contributed by atoms with E-state index in [1.807, 2.05) is 6.92 Å². The summed E-state index contributed by atoms with van der Waals surface area (Å²) in [4.78, 5) is 2.47. The summed E-state index contributed by atoms with van der Waals surface area (Å²) in [7, 11) is 0. The number of nitrogens with zero attached hydrogens (tertiary/aromatic N) is 2. The zero-order valence-electron chi connectivity index (χ0n) is 9.12. The second-order valence-electron chi connectivity index (χ2n) is 4.38. The Bertz CT molecular complexity index is 400. The molecule has 2 aliphatic rings. The molecule has 0 spiro atoms. The van der Waals surface area contributed by atoms with Crippen molar-refractivity contribution in [2.24, 2.45) is 0 Å². The standard InChI is InChI=1S/C12H16N2O/c1-9-12-10(13-15-9)5-4-6-11(12)14-7-2-3-8-14/h6H,2-5,7-8H2,1H3. The van der Waals surface area contributed by atoms with Gasteiger partial charge in [0.05, 0.1) is 11.3 Å². The van der Waals surface area contributed by atoms with E-state index in [1.54, 1.807) is 0 Å². The average Bonchev–Trinajstić information content (AvgIpc) is 2.88. The molecule has 0 saturated carbocycles. The van der Waals surface area contributed by atoms with Gasteiger partial charge in [-0.2, -0.15) is 0 Å². The molecule has 0 unspecified atom stereocenters. The number of aromatic nitrogens is 1. The van der Waals surface area contributed by atoms with E-state index in [-0.39, 0.29) is 0 Å². The lowest BCUT2D eigenvalue weighted by atomic mass is 9.99. The maximum atomic E-state index is 5.29.